The van der Waals surface area contributed by atoms with Crippen molar-refractivity contribution < 1.29 is 4.42 Å². The van der Waals surface area contributed by atoms with Crippen molar-refractivity contribution in [2.75, 3.05) is 9.80 Å². The van der Waals surface area contributed by atoms with Crippen LogP contribution in [0.5, 0.6) is 0 Å². The Morgan fingerprint density at radius 1 is 0.400 bits per heavy atom. The highest BCUT2D eigenvalue weighted by Gasteiger charge is 2.52. The summed E-state index contributed by atoms with van der Waals surface area (Å²) in [6.45, 7) is 0. The Morgan fingerprint density at radius 3 is 1.74 bits per heavy atom. The lowest BCUT2D eigenvalue weighted by Gasteiger charge is -2.45. The Labute approximate surface area is 408 Å². The average molecular weight is 895 g/mol. The van der Waals surface area contributed by atoms with E-state index in [1.54, 1.807) is 0 Å². The molecular weight excluding hydrogens is 849 g/mol. The van der Waals surface area contributed by atoms with Gasteiger partial charge in [0.2, 0.25) is 0 Å². The maximum absolute atomic E-state index is 6.58. The second kappa shape index (κ2) is 16.1. The summed E-state index contributed by atoms with van der Waals surface area (Å²) in [6, 6.07) is 88.9. The van der Waals surface area contributed by atoms with Gasteiger partial charge in [0.25, 0.3) is 0 Å². The van der Waals surface area contributed by atoms with Crippen LogP contribution in [-0.2, 0) is 5.41 Å². The van der Waals surface area contributed by atoms with Gasteiger partial charge in [0.15, 0.2) is 0 Å². The van der Waals surface area contributed by atoms with E-state index in [4.69, 9.17) is 4.42 Å². The summed E-state index contributed by atoms with van der Waals surface area (Å²) in [7, 11) is 0. The molecule has 11 aromatic rings. The van der Waals surface area contributed by atoms with Crippen LogP contribution in [-0.4, -0.2) is 0 Å². The highest BCUT2D eigenvalue weighted by molar-refractivity contribution is 6.08. The average Bonchev–Trinajstić information content (AvgIpc) is 3.96. The lowest BCUT2D eigenvalue weighted by molar-refractivity contribution is 0.667. The number of hydrogen-bond acceptors (Lipinski definition) is 3. The first-order valence-electron chi connectivity index (χ1n) is 24.4. The van der Waals surface area contributed by atoms with Crippen molar-refractivity contribution in [3.63, 3.8) is 0 Å². The van der Waals surface area contributed by atoms with E-state index in [-0.39, 0.29) is 0 Å². The number of nitrogens with zero attached hydrogens (tertiary/aromatic N) is 2. The van der Waals surface area contributed by atoms with Crippen molar-refractivity contribution in [2.45, 2.75) is 18.3 Å². The van der Waals surface area contributed by atoms with Crippen LogP contribution >= 0.6 is 0 Å². The third-order valence-electron chi connectivity index (χ3n) is 15.0. The maximum Gasteiger partial charge on any atom is 0.142 e. The van der Waals surface area contributed by atoms with E-state index in [2.05, 4.69) is 259 Å². The Balaban J connectivity index is 0.982. The van der Waals surface area contributed by atoms with Gasteiger partial charge in [-0.15, -0.1) is 0 Å². The van der Waals surface area contributed by atoms with E-state index in [0.29, 0.717) is 0 Å². The Morgan fingerprint density at radius 2 is 0.986 bits per heavy atom. The minimum absolute atomic E-state index is 0.585. The molecule has 330 valence electrons. The van der Waals surface area contributed by atoms with Gasteiger partial charge in [0, 0.05) is 39.0 Å². The summed E-state index contributed by atoms with van der Waals surface area (Å²) in [4.78, 5) is 5.00. The first-order valence-corrected chi connectivity index (χ1v) is 24.4. The number of anilines is 5. The molecule has 14 rings (SSSR count). The number of allylic oxidation sites excluding steroid dienone is 4. The van der Waals surface area contributed by atoms with E-state index in [1.807, 2.05) is 6.07 Å². The molecule has 0 radical (unpaired) electrons. The maximum atomic E-state index is 6.58. The predicted molar refractivity (Wildman–Crippen MR) is 290 cm³/mol. The van der Waals surface area contributed by atoms with Crippen LogP contribution in [0.3, 0.4) is 0 Å². The molecule has 10 aromatic carbocycles. The van der Waals surface area contributed by atoms with Gasteiger partial charge in [-0.1, -0.05) is 200 Å². The highest BCUT2D eigenvalue weighted by atomic mass is 16.3. The number of furan rings is 1. The molecule has 0 fully saturated rings. The van der Waals surface area contributed by atoms with Crippen molar-refractivity contribution in [3.8, 4) is 33.4 Å². The lowest BCUT2D eigenvalue weighted by Crippen LogP contribution is -2.36. The Hall–Kier alpha value is -8.92. The van der Waals surface area contributed by atoms with Gasteiger partial charge >= 0.3 is 0 Å². The van der Waals surface area contributed by atoms with Gasteiger partial charge in [-0.05, 0) is 123 Å². The van der Waals surface area contributed by atoms with Gasteiger partial charge < -0.3 is 14.2 Å². The molecule has 1 aromatic heterocycles. The zero-order valence-corrected chi connectivity index (χ0v) is 38.5. The fourth-order valence-electron chi connectivity index (χ4n) is 12.0. The third kappa shape index (κ3) is 6.08. The summed E-state index contributed by atoms with van der Waals surface area (Å²) >= 11 is 0. The standard InChI is InChI=1S/C67H46N2O/c1-3-18-45(19-4-1)46-34-36-47(37-35-46)52-22-8-13-30-62(52)68(50-40-38-48(39-41-50)53-25-17-26-57-56-24-9-16-33-65(56)70-66(53)57)51-42-43-55-54-23-7-10-27-58(54)67(61(55)44-51)59-28-11-14-31-63(59)69(49-20-5-2-6-21-49)64-32-15-12-29-60(64)67/h1-38,40,42-44H,39,41H2. The monoisotopic (exact) mass is 894 g/mol. The van der Waals surface area contributed by atoms with Crippen LogP contribution in [0.1, 0.15) is 40.7 Å². The van der Waals surface area contributed by atoms with Crippen molar-refractivity contribution in [1.82, 2.24) is 0 Å². The zero-order chi connectivity index (χ0) is 46.2. The van der Waals surface area contributed by atoms with Crippen LogP contribution in [0.4, 0.5) is 28.4 Å². The number of fused-ring (bicyclic) bond motifs is 12. The van der Waals surface area contributed by atoms with E-state index in [0.717, 1.165) is 57.4 Å². The lowest BCUT2D eigenvalue weighted by atomic mass is 9.64. The van der Waals surface area contributed by atoms with E-state index < -0.39 is 5.41 Å². The minimum atomic E-state index is -0.585. The molecule has 0 saturated carbocycles. The quantitative estimate of drug-likeness (QED) is 0.159. The molecule has 0 unspecified atom stereocenters. The summed E-state index contributed by atoms with van der Waals surface area (Å²) < 4.78 is 6.58. The molecule has 2 aliphatic carbocycles. The van der Waals surface area contributed by atoms with E-state index in [1.165, 1.54) is 78.3 Å². The Bertz CT molecular complexity index is 3850. The minimum Gasteiger partial charge on any atom is -0.455 e. The summed E-state index contributed by atoms with van der Waals surface area (Å²) in [5, 5.41) is 2.31. The van der Waals surface area contributed by atoms with E-state index >= 15 is 0 Å². The summed E-state index contributed by atoms with van der Waals surface area (Å²) in [6.07, 6.45) is 6.39. The molecule has 0 atom stereocenters. The Kier molecular flexibility index (Phi) is 9.25. The highest BCUT2D eigenvalue weighted by Crippen LogP contribution is 2.64. The molecule has 3 nitrogen and oxygen atoms in total. The van der Waals surface area contributed by atoms with Gasteiger partial charge in [0.05, 0.1) is 22.5 Å². The van der Waals surface area contributed by atoms with Crippen molar-refractivity contribution in [1.29, 1.82) is 0 Å². The van der Waals surface area contributed by atoms with Gasteiger partial charge in [-0.2, -0.15) is 0 Å². The molecule has 1 aliphatic heterocycles. The van der Waals surface area contributed by atoms with Crippen molar-refractivity contribution in [2.24, 2.45) is 0 Å². The molecule has 0 N–H and O–H groups in total. The SMILES string of the molecule is C1=C(c2cccc3c2oc2ccccc23)CCC(N(c2ccc3c(c2)C2(c4ccccc4-3)c3ccccc3N(c3ccccc3)c3ccccc32)c2ccccc2-c2ccc(-c3ccccc3)cc2)=C1. The smallest absolute Gasteiger partial charge is 0.142 e. The molecular formula is C67H46N2O. The van der Waals surface area contributed by atoms with Gasteiger partial charge in [-0.3, -0.25) is 0 Å². The fourth-order valence-corrected chi connectivity index (χ4v) is 12.0. The van der Waals surface area contributed by atoms with Gasteiger partial charge in [-0.25, -0.2) is 0 Å². The molecule has 0 amide bonds. The molecule has 0 saturated heterocycles. The third-order valence-corrected chi connectivity index (χ3v) is 15.0. The number of para-hydroxylation sites is 6. The second-order valence-corrected chi connectivity index (χ2v) is 18.7. The summed E-state index contributed by atoms with van der Waals surface area (Å²) in [5.74, 6) is 0. The molecule has 2 heterocycles. The van der Waals surface area contributed by atoms with Crippen molar-refractivity contribution >= 4 is 55.9 Å². The number of rotatable bonds is 7. The fraction of sp³-hybridized carbons (Fsp3) is 0.0448. The predicted octanol–water partition coefficient (Wildman–Crippen LogP) is 18.0. The molecule has 3 aliphatic rings. The number of hydrogen-bond donors (Lipinski definition) is 0. The largest absolute Gasteiger partial charge is 0.455 e. The van der Waals surface area contributed by atoms with Crippen LogP contribution in [0.25, 0.3) is 60.9 Å². The van der Waals surface area contributed by atoms with Crippen molar-refractivity contribution in [3.05, 3.63) is 288 Å². The van der Waals surface area contributed by atoms with E-state index in [9.17, 15) is 0 Å². The van der Waals surface area contributed by atoms with Crippen LogP contribution in [0, 0.1) is 0 Å². The van der Waals surface area contributed by atoms with Crippen LogP contribution in [0.15, 0.2) is 265 Å². The van der Waals surface area contributed by atoms with Crippen LogP contribution < -0.4 is 9.80 Å². The molecule has 0 bridgehead atoms. The normalized spacial score (nSPS) is 14.1. The molecule has 1 spiro atoms. The topological polar surface area (TPSA) is 19.6 Å². The van der Waals surface area contributed by atoms with Gasteiger partial charge in [0.1, 0.15) is 11.2 Å². The second-order valence-electron chi connectivity index (χ2n) is 18.7. The number of benzene rings is 10. The first kappa shape index (κ1) is 40.2. The van der Waals surface area contributed by atoms with Crippen LogP contribution in [0.2, 0.25) is 0 Å². The molecule has 3 heteroatoms. The summed E-state index contributed by atoms with van der Waals surface area (Å²) in [5.41, 5.74) is 23.2. The first-order chi connectivity index (χ1) is 34.7. The zero-order valence-electron chi connectivity index (χ0n) is 38.5. The molecule has 70 heavy (non-hydrogen) atoms.